The third kappa shape index (κ3) is 3.16. The van der Waals surface area contributed by atoms with Gasteiger partial charge in [-0.2, -0.15) is 0 Å². The van der Waals surface area contributed by atoms with Crippen LogP contribution in [0.1, 0.15) is 39.0 Å². The number of aromatic hydroxyl groups is 1. The van der Waals surface area contributed by atoms with E-state index in [-0.39, 0.29) is 11.4 Å². The fraction of sp³-hybridized carbons (Fsp3) is 0.571. The molecule has 0 saturated heterocycles. The third-order valence-corrected chi connectivity index (χ3v) is 3.95. The zero-order valence-electron chi connectivity index (χ0n) is 11.1. The summed E-state index contributed by atoms with van der Waals surface area (Å²) in [4.78, 5) is 10.6. The topological polar surface area (TPSA) is 75.4 Å². The van der Waals surface area contributed by atoms with Crippen LogP contribution >= 0.6 is 0 Å². The number of hydrogen-bond donors (Lipinski definition) is 2. The molecule has 0 amide bonds. The molecule has 1 fully saturated rings. The predicted molar refractivity (Wildman–Crippen MR) is 74.4 cm³/mol. The molecule has 0 heterocycles. The Balaban J connectivity index is 2.20. The summed E-state index contributed by atoms with van der Waals surface area (Å²) in [5, 5.41) is 23.7. The molecule has 0 aromatic heterocycles. The van der Waals surface area contributed by atoms with Crippen molar-refractivity contribution in [3.8, 4) is 5.75 Å². The average molecular weight is 264 g/mol. The van der Waals surface area contributed by atoms with E-state index in [0.717, 1.165) is 12.8 Å². The predicted octanol–water partition coefficient (Wildman–Crippen LogP) is 3.68. The maximum atomic E-state index is 11.0. The molecule has 5 heteroatoms. The summed E-state index contributed by atoms with van der Waals surface area (Å²) in [6, 6.07) is 4.57. The lowest BCUT2D eigenvalue weighted by Crippen LogP contribution is -2.32. The zero-order valence-corrected chi connectivity index (χ0v) is 11.1. The molecule has 0 spiro atoms. The first-order valence-corrected chi connectivity index (χ1v) is 6.85. The van der Waals surface area contributed by atoms with Gasteiger partial charge in [-0.15, -0.1) is 0 Å². The van der Waals surface area contributed by atoms with E-state index >= 15 is 0 Å². The van der Waals surface area contributed by atoms with Crippen molar-refractivity contribution in [1.82, 2.24) is 0 Å². The highest BCUT2D eigenvalue weighted by molar-refractivity contribution is 5.64. The Labute approximate surface area is 112 Å². The number of anilines is 1. The molecule has 2 rings (SSSR count). The van der Waals surface area contributed by atoms with Crippen LogP contribution in [-0.2, 0) is 0 Å². The summed E-state index contributed by atoms with van der Waals surface area (Å²) in [5.41, 5.74) is 0.452. The number of hydrogen-bond acceptors (Lipinski definition) is 4. The molecule has 0 radical (unpaired) electrons. The molecular weight excluding hydrogens is 244 g/mol. The first-order valence-electron chi connectivity index (χ1n) is 6.85. The van der Waals surface area contributed by atoms with E-state index in [1.165, 1.54) is 31.4 Å². The zero-order chi connectivity index (χ0) is 13.8. The number of nitrogens with zero attached hydrogens (tertiary/aromatic N) is 1. The van der Waals surface area contributed by atoms with Gasteiger partial charge in [0.25, 0.3) is 5.69 Å². The Hall–Kier alpha value is -1.78. The van der Waals surface area contributed by atoms with Crippen LogP contribution in [-0.4, -0.2) is 16.1 Å². The lowest BCUT2D eigenvalue weighted by atomic mass is 9.83. The van der Waals surface area contributed by atoms with Crippen LogP contribution in [0.15, 0.2) is 18.2 Å². The van der Waals surface area contributed by atoms with Crippen LogP contribution in [0, 0.1) is 16.0 Å². The van der Waals surface area contributed by atoms with Gasteiger partial charge >= 0.3 is 0 Å². The van der Waals surface area contributed by atoms with Gasteiger partial charge in [0.05, 0.1) is 11.0 Å². The largest absolute Gasteiger partial charge is 0.508 e. The number of nitro groups is 1. The molecule has 5 nitrogen and oxygen atoms in total. The normalized spacial score (nSPS) is 23.0. The minimum atomic E-state index is -0.453. The Morgan fingerprint density at radius 3 is 2.84 bits per heavy atom. The number of nitrogens with one attached hydrogen (secondary N) is 1. The molecule has 1 aromatic rings. The molecule has 2 unspecified atom stereocenters. The molecule has 1 saturated carbocycles. The van der Waals surface area contributed by atoms with Crippen molar-refractivity contribution in [3.63, 3.8) is 0 Å². The standard InChI is InChI=1S/C14H20N2O3/c1-2-10-5-3-4-6-12(10)15-13-8-7-11(17)9-14(13)16(18)19/h7-10,12,15,17H,2-6H2,1H3. The van der Waals surface area contributed by atoms with E-state index in [0.29, 0.717) is 17.6 Å². The monoisotopic (exact) mass is 264 g/mol. The van der Waals surface area contributed by atoms with Crippen molar-refractivity contribution in [3.05, 3.63) is 28.3 Å². The van der Waals surface area contributed by atoms with Crippen molar-refractivity contribution < 1.29 is 10.0 Å². The molecule has 1 aliphatic carbocycles. The summed E-state index contributed by atoms with van der Waals surface area (Å²) >= 11 is 0. The molecule has 1 aromatic carbocycles. The van der Waals surface area contributed by atoms with Crippen molar-refractivity contribution in [2.45, 2.75) is 45.1 Å². The first kappa shape index (κ1) is 13.6. The van der Waals surface area contributed by atoms with Crippen molar-refractivity contribution in [1.29, 1.82) is 0 Å². The van der Waals surface area contributed by atoms with Gasteiger partial charge in [-0.1, -0.05) is 26.2 Å². The lowest BCUT2D eigenvalue weighted by Gasteiger charge is -2.32. The highest BCUT2D eigenvalue weighted by Gasteiger charge is 2.25. The van der Waals surface area contributed by atoms with Gasteiger partial charge in [0.15, 0.2) is 0 Å². The van der Waals surface area contributed by atoms with E-state index < -0.39 is 4.92 Å². The highest BCUT2D eigenvalue weighted by atomic mass is 16.6. The molecular formula is C14H20N2O3. The maximum absolute atomic E-state index is 11.0. The minimum absolute atomic E-state index is 0.0552. The number of phenolic OH excluding ortho intramolecular Hbond substituents is 1. The molecule has 19 heavy (non-hydrogen) atoms. The SMILES string of the molecule is CCC1CCCCC1Nc1ccc(O)cc1[N+](=O)[O-]. The Morgan fingerprint density at radius 2 is 2.16 bits per heavy atom. The van der Waals surface area contributed by atoms with Gasteiger partial charge < -0.3 is 10.4 Å². The van der Waals surface area contributed by atoms with Crippen LogP contribution in [0.4, 0.5) is 11.4 Å². The Bertz CT molecular complexity index is 462. The second kappa shape index (κ2) is 5.91. The van der Waals surface area contributed by atoms with Crippen molar-refractivity contribution in [2.24, 2.45) is 5.92 Å². The maximum Gasteiger partial charge on any atom is 0.296 e. The van der Waals surface area contributed by atoms with Crippen LogP contribution < -0.4 is 5.32 Å². The van der Waals surface area contributed by atoms with Gasteiger partial charge in [0.1, 0.15) is 11.4 Å². The van der Waals surface area contributed by atoms with Crippen molar-refractivity contribution >= 4 is 11.4 Å². The van der Waals surface area contributed by atoms with Crippen LogP contribution in [0.2, 0.25) is 0 Å². The van der Waals surface area contributed by atoms with E-state index in [9.17, 15) is 15.2 Å². The highest BCUT2D eigenvalue weighted by Crippen LogP contribution is 2.34. The Morgan fingerprint density at radius 1 is 1.42 bits per heavy atom. The third-order valence-electron chi connectivity index (χ3n) is 3.95. The average Bonchev–Trinajstić information content (AvgIpc) is 2.41. The summed E-state index contributed by atoms with van der Waals surface area (Å²) in [5.74, 6) is 0.495. The van der Waals surface area contributed by atoms with E-state index in [4.69, 9.17) is 0 Å². The number of nitro benzene ring substituents is 1. The fourth-order valence-electron chi connectivity index (χ4n) is 2.88. The molecule has 1 aliphatic rings. The number of rotatable bonds is 4. The van der Waals surface area contributed by atoms with Crippen LogP contribution in [0.3, 0.4) is 0 Å². The Kier molecular flexibility index (Phi) is 4.24. The van der Waals surface area contributed by atoms with Gasteiger partial charge in [0, 0.05) is 6.04 Å². The van der Waals surface area contributed by atoms with E-state index in [2.05, 4.69) is 12.2 Å². The molecule has 104 valence electrons. The van der Waals surface area contributed by atoms with Crippen molar-refractivity contribution in [2.75, 3.05) is 5.32 Å². The van der Waals surface area contributed by atoms with E-state index in [1.807, 2.05) is 0 Å². The quantitative estimate of drug-likeness (QED) is 0.494. The summed E-state index contributed by atoms with van der Waals surface area (Å²) in [7, 11) is 0. The molecule has 0 aliphatic heterocycles. The fourth-order valence-corrected chi connectivity index (χ4v) is 2.88. The minimum Gasteiger partial charge on any atom is -0.508 e. The summed E-state index contributed by atoms with van der Waals surface area (Å²) < 4.78 is 0. The van der Waals surface area contributed by atoms with E-state index in [1.54, 1.807) is 6.07 Å². The molecule has 2 atom stereocenters. The summed E-state index contributed by atoms with van der Waals surface area (Å²) in [6.45, 7) is 2.16. The number of benzene rings is 1. The first-order chi connectivity index (χ1) is 9.11. The van der Waals surface area contributed by atoms with Gasteiger partial charge in [-0.25, -0.2) is 0 Å². The van der Waals surface area contributed by atoms with Gasteiger partial charge in [-0.05, 0) is 30.9 Å². The van der Waals surface area contributed by atoms with Gasteiger partial charge in [-0.3, -0.25) is 10.1 Å². The summed E-state index contributed by atoms with van der Waals surface area (Å²) in [6.07, 6.45) is 5.73. The van der Waals surface area contributed by atoms with Crippen LogP contribution in [0.25, 0.3) is 0 Å². The van der Waals surface area contributed by atoms with Crippen LogP contribution in [0.5, 0.6) is 5.75 Å². The lowest BCUT2D eigenvalue weighted by molar-refractivity contribution is -0.384. The molecule has 2 N–H and O–H groups in total. The smallest absolute Gasteiger partial charge is 0.296 e. The second-order valence-electron chi connectivity index (χ2n) is 5.16. The number of phenols is 1. The second-order valence-corrected chi connectivity index (χ2v) is 5.16. The molecule has 0 bridgehead atoms. The van der Waals surface area contributed by atoms with Gasteiger partial charge in [0.2, 0.25) is 0 Å².